The SMILES string of the molecule is CC1(C)CC(=O)C2=C(C1)Nc1ccccc1N(C(=O)Cc1ccccc1)C2c1cccnc1. The van der Waals surface area contributed by atoms with Crippen LogP contribution in [0.1, 0.15) is 43.9 Å². The minimum Gasteiger partial charge on any atom is -0.357 e. The smallest absolute Gasteiger partial charge is 0.232 e. The van der Waals surface area contributed by atoms with Gasteiger partial charge in [-0.2, -0.15) is 0 Å². The first-order valence-corrected chi connectivity index (χ1v) is 11.3. The van der Waals surface area contributed by atoms with Crippen molar-refractivity contribution in [3.05, 3.63) is 102 Å². The molecule has 5 heteroatoms. The van der Waals surface area contributed by atoms with E-state index in [1.165, 1.54) is 0 Å². The Morgan fingerprint density at radius 1 is 1.03 bits per heavy atom. The molecule has 2 aliphatic rings. The van der Waals surface area contributed by atoms with Crippen molar-refractivity contribution in [1.29, 1.82) is 0 Å². The van der Waals surface area contributed by atoms with Gasteiger partial charge in [0, 0.05) is 30.1 Å². The van der Waals surface area contributed by atoms with Gasteiger partial charge < -0.3 is 5.32 Å². The fourth-order valence-electron chi connectivity index (χ4n) is 4.97. The molecular weight excluding hydrogens is 410 g/mol. The molecule has 2 aromatic carbocycles. The lowest BCUT2D eigenvalue weighted by Gasteiger charge is -2.37. The summed E-state index contributed by atoms with van der Waals surface area (Å²) in [6.07, 6.45) is 4.90. The van der Waals surface area contributed by atoms with Crippen LogP contribution in [0, 0.1) is 5.41 Å². The number of nitrogens with one attached hydrogen (secondary N) is 1. The maximum Gasteiger partial charge on any atom is 0.232 e. The molecule has 0 fully saturated rings. The lowest BCUT2D eigenvalue weighted by molar-refractivity contribution is -0.119. The van der Waals surface area contributed by atoms with E-state index in [-0.39, 0.29) is 23.5 Å². The number of nitrogens with zero attached hydrogens (tertiary/aromatic N) is 2. The number of anilines is 2. The summed E-state index contributed by atoms with van der Waals surface area (Å²) in [5.74, 6) is 0.0172. The van der Waals surface area contributed by atoms with Gasteiger partial charge in [0.1, 0.15) is 0 Å². The van der Waals surface area contributed by atoms with Crippen LogP contribution >= 0.6 is 0 Å². The van der Waals surface area contributed by atoms with Gasteiger partial charge in [-0.3, -0.25) is 19.5 Å². The van der Waals surface area contributed by atoms with Crippen molar-refractivity contribution in [3.63, 3.8) is 0 Å². The molecule has 0 saturated carbocycles. The Labute approximate surface area is 194 Å². The number of para-hydroxylation sites is 2. The molecule has 1 atom stereocenters. The molecule has 1 unspecified atom stereocenters. The minimum atomic E-state index is -0.537. The third-order valence-electron chi connectivity index (χ3n) is 6.37. The van der Waals surface area contributed by atoms with Crippen LogP contribution < -0.4 is 10.2 Å². The molecule has 33 heavy (non-hydrogen) atoms. The number of rotatable bonds is 3. The lowest BCUT2D eigenvalue weighted by Crippen LogP contribution is -2.40. The number of benzene rings is 2. The van der Waals surface area contributed by atoms with E-state index >= 15 is 0 Å². The molecule has 1 aromatic heterocycles. The number of carbonyl (C=O) groups excluding carboxylic acids is 2. The predicted molar refractivity (Wildman–Crippen MR) is 130 cm³/mol. The summed E-state index contributed by atoms with van der Waals surface area (Å²) in [5.41, 5.74) is 4.79. The van der Waals surface area contributed by atoms with Crippen molar-refractivity contribution in [1.82, 2.24) is 4.98 Å². The highest BCUT2D eigenvalue weighted by Crippen LogP contribution is 2.48. The molecule has 1 aliphatic heterocycles. The maximum atomic E-state index is 13.9. The standard InChI is InChI=1S/C28H27N3O2/c1-28(2)16-22-26(24(32)17-28)27(20-11-8-14-29-18-20)31(23-13-7-6-12-21(23)30-22)25(33)15-19-9-4-3-5-10-19/h3-14,18,27,30H,15-17H2,1-2H3. The Bertz CT molecular complexity index is 1230. The molecule has 3 aromatic rings. The van der Waals surface area contributed by atoms with Gasteiger partial charge in [-0.15, -0.1) is 0 Å². The Morgan fingerprint density at radius 2 is 1.79 bits per heavy atom. The predicted octanol–water partition coefficient (Wildman–Crippen LogP) is 5.47. The zero-order valence-corrected chi connectivity index (χ0v) is 18.9. The molecule has 0 saturated heterocycles. The lowest BCUT2D eigenvalue weighted by atomic mass is 9.73. The van der Waals surface area contributed by atoms with Crippen LogP contribution in [0.2, 0.25) is 0 Å². The number of carbonyl (C=O) groups is 2. The highest BCUT2D eigenvalue weighted by atomic mass is 16.2. The molecular formula is C28H27N3O2. The molecule has 1 amide bonds. The van der Waals surface area contributed by atoms with Crippen LogP contribution in [0.4, 0.5) is 11.4 Å². The second-order valence-electron chi connectivity index (χ2n) is 9.59. The second kappa shape index (κ2) is 8.32. The van der Waals surface area contributed by atoms with E-state index in [2.05, 4.69) is 24.1 Å². The van der Waals surface area contributed by atoms with Crippen LogP contribution in [0.3, 0.4) is 0 Å². The van der Waals surface area contributed by atoms with E-state index in [4.69, 9.17) is 0 Å². The molecule has 5 rings (SSSR count). The third-order valence-corrected chi connectivity index (χ3v) is 6.37. The van der Waals surface area contributed by atoms with Crippen LogP contribution in [-0.2, 0) is 16.0 Å². The summed E-state index contributed by atoms with van der Waals surface area (Å²) in [4.78, 5) is 33.6. The first kappa shape index (κ1) is 21.1. The number of amides is 1. The first-order chi connectivity index (χ1) is 15.9. The van der Waals surface area contributed by atoms with Gasteiger partial charge in [0.2, 0.25) is 5.91 Å². The molecule has 1 N–H and O–H groups in total. The number of ketones is 1. The molecule has 2 heterocycles. The summed E-state index contributed by atoms with van der Waals surface area (Å²) in [7, 11) is 0. The van der Waals surface area contributed by atoms with Gasteiger partial charge in [-0.25, -0.2) is 0 Å². The Morgan fingerprint density at radius 3 is 2.55 bits per heavy atom. The van der Waals surface area contributed by atoms with Crippen molar-refractivity contribution in [2.24, 2.45) is 5.41 Å². The largest absolute Gasteiger partial charge is 0.357 e. The zero-order valence-electron chi connectivity index (χ0n) is 18.9. The number of pyridine rings is 1. The Kier molecular flexibility index (Phi) is 5.33. The van der Waals surface area contributed by atoms with Crippen LogP contribution in [-0.4, -0.2) is 16.7 Å². The van der Waals surface area contributed by atoms with E-state index in [1.807, 2.05) is 66.7 Å². The maximum absolute atomic E-state index is 13.9. The summed E-state index contributed by atoms with van der Waals surface area (Å²) in [6.45, 7) is 4.23. The van der Waals surface area contributed by atoms with E-state index in [0.717, 1.165) is 34.6 Å². The molecule has 166 valence electrons. The average molecular weight is 438 g/mol. The Hall–Kier alpha value is -3.73. The normalized spacial score (nSPS) is 19.3. The number of aromatic nitrogens is 1. The Balaban J connectivity index is 1.71. The van der Waals surface area contributed by atoms with Crippen molar-refractivity contribution in [2.45, 2.75) is 39.2 Å². The van der Waals surface area contributed by atoms with Crippen LogP contribution in [0.5, 0.6) is 0 Å². The van der Waals surface area contributed by atoms with E-state index < -0.39 is 6.04 Å². The summed E-state index contributed by atoms with van der Waals surface area (Å²) >= 11 is 0. The number of hydrogen-bond donors (Lipinski definition) is 1. The number of allylic oxidation sites excluding steroid dienone is 1. The van der Waals surface area contributed by atoms with Gasteiger partial charge in [-0.1, -0.05) is 62.4 Å². The molecule has 5 nitrogen and oxygen atoms in total. The van der Waals surface area contributed by atoms with Crippen LogP contribution in [0.25, 0.3) is 0 Å². The van der Waals surface area contributed by atoms with E-state index in [0.29, 0.717) is 12.0 Å². The quantitative estimate of drug-likeness (QED) is 0.590. The summed E-state index contributed by atoms with van der Waals surface area (Å²) < 4.78 is 0. The fraction of sp³-hybridized carbons (Fsp3) is 0.250. The topological polar surface area (TPSA) is 62.3 Å². The summed E-state index contributed by atoms with van der Waals surface area (Å²) in [5, 5.41) is 3.54. The molecule has 0 radical (unpaired) electrons. The number of fused-ring (bicyclic) bond motifs is 1. The highest BCUT2D eigenvalue weighted by Gasteiger charge is 2.43. The molecule has 1 aliphatic carbocycles. The van der Waals surface area contributed by atoms with E-state index in [9.17, 15) is 9.59 Å². The van der Waals surface area contributed by atoms with Crippen molar-refractivity contribution in [3.8, 4) is 0 Å². The van der Waals surface area contributed by atoms with Gasteiger partial charge in [0.05, 0.1) is 23.8 Å². The molecule has 0 bridgehead atoms. The second-order valence-corrected chi connectivity index (χ2v) is 9.59. The molecule has 0 spiro atoms. The zero-order chi connectivity index (χ0) is 23.0. The van der Waals surface area contributed by atoms with Crippen molar-refractivity contribution in [2.75, 3.05) is 10.2 Å². The number of hydrogen-bond acceptors (Lipinski definition) is 4. The van der Waals surface area contributed by atoms with Gasteiger partial charge in [0.25, 0.3) is 0 Å². The van der Waals surface area contributed by atoms with Gasteiger partial charge in [0.15, 0.2) is 5.78 Å². The van der Waals surface area contributed by atoms with Crippen LogP contribution in [0.15, 0.2) is 90.4 Å². The van der Waals surface area contributed by atoms with Crippen molar-refractivity contribution >= 4 is 23.1 Å². The highest BCUT2D eigenvalue weighted by molar-refractivity contribution is 6.06. The summed E-state index contributed by atoms with van der Waals surface area (Å²) in [6, 6.07) is 20.8. The van der Waals surface area contributed by atoms with E-state index in [1.54, 1.807) is 17.3 Å². The third kappa shape index (κ3) is 4.07. The average Bonchev–Trinajstić information content (AvgIpc) is 2.94. The minimum absolute atomic E-state index is 0.0595. The van der Waals surface area contributed by atoms with Gasteiger partial charge >= 0.3 is 0 Å². The number of Topliss-reactive ketones (excluding diaryl/α,β-unsaturated/α-hetero) is 1. The fourth-order valence-corrected chi connectivity index (χ4v) is 4.97. The monoisotopic (exact) mass is 437 g/mol. The first-order valence-electron chi connectivity index (χ1n) is 11.3. The van der Waals surface area contributed by atoms with Gasteiger partial charge in [-0.05, 0) is 41.2 Å². The van der Waals surface area contributed by atoms with Crippen molar-refractivity contribution < 1.29 is 9.59 Å².